The first-order valence-corrected chi connectivity index (χ1v) is 8.30. The number of aryl methyl sites for hydroxylation is 1. The number of nitrogens with zero attached hydrogens (tertiary/aromatic N) is 1. The molecule has 2 atom stereocenters. The molecule has 1 saturated heterocycles. The Kier molecular flexibility index (Phi) is 4.37. The van der Waals surface area contributed by atoms with Gasteiger partial charge in [0.25, 0.3) is 10.0 Å². The van der Waals surface area contributed by atoms with E-state index < -0.39 is 28.3 Å². The van der Waals surface area contributed by atoms with Crippen LogP contribution in [0.1, 0.15) is 25.3 Å². The molecule has 0 aromatic heterocycles. The minimum absolute atomic E-state index is 0.0778. The number of hydrogen-bond donors (Lipinski definition) is 0. The number of hydrogen-bond acceptors (Lipinski definition) is 4. The highest BCUT2D eigenvalue weighted by Crippen LogP contribution is 2.30. The van der Waals surface area contributed by atoms with Crippen LogP contribution in [0.25, 0.3) is 0 Å². The fraction of sp³-hybridized carbons (Fsp3) is 0.400. The maximum absolute atomic E-state index is 12.7. The molecule has 5 nitrogen and oxygen atoms in total. The smallest absolute Gasteiger partial charge is 0.424 e. The molecule has 114 valence electrons. The van der Waals surface area contributed by atoms with Crippen LogP contribution in [0.3, 0.4) is 0 Å². The molecule has 0 saturated carbocycles. The summed E-state index contributed by atoms with van der Waals surface area (Å²) in [7, 11) is -3.93. The van der Waals surface area contributed by atoms with E-state index in [0.717, 1.165) is 16.3 Å². The van der Waals surface area contributed by atoms with Gasteiger partial charge in [-0.2, -0.15) is 4.31 Å². The average molecular weight is 309 g/mol. The van der Waals surface area contributed by atoms with Gasteiger partial charge in [0.1, 0.15) is 12.1 Å². The predicted octanol–water partition coefficient (Wildman–Crippen LogP) is 2.86. The number of benzene rings is 1. The topological polar surface area (TPSA) is 63.7 Å². The number of carbonyl (C=O) groups excluding carboxylic acids is 1. The molecule has 1 aromatic carbocycles. The Morgan fingerprint density at radius 3 is 2.48 bits per heavy atom. The number of carbonyl (C=O) groups is 1. The largest absolute Gasteiger partial charge is 0.443 e. The fourth-order valence-corrected chi connectivity index (χ4v) is 3.86. The summed E-state index contributed by atoms with van der Waals surface area (Å²) in [5, 5.41) is 0. The van der Waals surface area contributed by atoms with Crippen LogP contribution in [0.4, 0.5) is 4.79 Å². The minimum Gasteiger partial charge on any atom is -0.443 e. The van der Waals surface area contributed by atoms with E-state index in [0.29, 0.717) is 6.42 Å². The van der Waals surface area contributed by atoms with Crippen molar-refractivity contribution in [1.29, 1.82) is 0 Å². The van der Waals surface area contributed by atoms with E-state index in [1.165, 1.54) is 18.2 Å². The second-order valence-corrected chi connectivity index (χ2v) is 6.87. The number of rotatable bonds is 5. The van der Waals surface area contributed by atoms with E-state index >= 15 is 0 Å². The molecule has 1 aliphatic heterocycles. The SMILES string of the molecule is C=C[C@@H]1[C@@H](CCC)OC(=O)N1S(=O)(=O)c1ccc(C)cc1. The molecule has 0 unspecified atom stereocenters. The van der Waals surface area contributed by atoms with Crippen molar-refractivity contribution in [2.45, 2.75) is 43.7 Å². The fourth-order valence-electron chi connectivity index (χ4n) is 2.37. The van der Waals surface area contributed by atoms with Crippen LogP contribution in [0.15, 0.2) is 41.8 Å². The van der Waals surface area contributed by atoms with Gasteiger partial charge in [-0.3, -0.25) is 0 Å². The molecule has 0 aliphatic carbocycles. The molecular weight excluding hydrogens is 290 g/mol. The third-order valence-electron chi connectivity index (χ3n) is 3.48. The van der Waals surface area contributed by atoms with E-state index in [4.69, 9.17) is 4.74 Å². The summed E-state index contributed by atoms with van der Waals surface area (Å²) in [5.74, 6) is 0. The van der Waals surface area contributed by atoms with Crippen LogP contribution in [0.2, 0.25) is 0 Å². The predicted molar refractivity (Wildman–Crippen MR) is 79.4 cm³/mol. The van der Waals surface area contributed by atoms with Gasteiger partial charge in [-0.05, 0) is 25.5 Å². The van der Waals surface area contributed by atoms with E-state index in [2.05, 4.69) is 6.58 Å². The second-order valence-electron chi connectivity index (χ2n) is 5.05. The summed E-state index contributed by atoms with van der Waals surface area (Å²) in [6, 6.07) is 5.71. The van der Waals surface area contributed by atoms with E-state index in [1.54, 1.807) is 12.1 Å². The molecule has 21 heavy (non-hydrogen) atoms. The van der Waals surface area contributed by atoms with Gasteiger partial charge in [-0.25, -0.2) is 13.2 Å². The number of amides is 1. The van der Waals surface area contributed by atoms with Crippen molar-refractivity contribution >= 4 is 16.1 Å². The molecule has 1 heterocycles. The molecule has 0 bridgehead atoms. The van der Waals surface area contributed by atoms with Crippen molar-refractivity contribution in [3.8, 4) is 0 Å². The zero-order valence-electron chi connectivity index (χ0n) is 12.2. The van der Waals surface area contributed by atoms with Gasteiger partial charge in [0.05, 0.1) is 4.90 Å². The van der Waals surface area contributed by atoms with E-state index in [1.807, 2.05) is 13.8 Å². The van der Waals surface area contributed by atoms with Crippen molar-refractivity contribution in [1.82, 2.24) is 4.31 Å². The molecule has 0 N–H and O–H groups in total. The van der Waals surface area contributed by atoms with Crippen LogP contribution in [0.5, 0.6) is 0 Å². The normalized spacial score (nSPS) is 22.2. The Morgan fingerprint density at radius 2 is 1.95 bits per heavy atom. The van der Waals surface area contributed by atoms with E-state index in [9.17, 15) is 13.2 Å². The van der Waals surface area contributed by atoms with Gasteiger partial charge in [0.2, 0.25) is 0 Å². The quantitative estimate of drug-likeness (QED) is 0.785. The van der Waals surface area contributed by atoms with Crippen molar-refractivity contribution in [3.05, 3.63) is 42.5 Å². The van der Waals surface area contributed by atoms with Crippen molar-refractivity contribution < 1.29 is 17.9 Å². The second kappa shape index (κ2) is 5.89. The first-order valence-electron chi connectivity index (χ1n) is 6.86. The highest BCUT2D eigenvalue weighted by molar-refractivity contribution is 7.89. The zero-order valence-corrected chi connectivity index (χ0v) is 13.0. The van der Waals surface area contributed by atoms with Gasteiger partial charge in [-0.15, -0.1) is 6.58 Å². The Bertz CT molecular complexity index is 636. The molecule has 1 amide bonds. The third-order valence-corrected chi connectivity index (χ3v) is 5.25. The molecule has 1 fully saturated rings. The summed E-state index contributed by atoms with van der Waals surface area (Å²) >= 11 is 0. The summed E-state index contributed by atoms with van der Waals surface area (Å²) in [6.07, 6.45) is 1.54. The average Bonchev–Trinajstić information content (AvgIpc) is 2.76. The van der Waals surface area contributed by atoms with Crippen molar-refractivity contribution in [2.24, 2.45) is 0 Å². The Labute approximate surface area is 125 Å². The Morgan fingerprint density at radius 1 is 1.33 bits per heavy atom. The van der Waals surface area contributed by atoms with E-state index in [-0.39, 0.29) is 4.90 Å². The van der Waals surface area contributed by atoms with Crippen molar-refractivity contribution in [2.75, 3.05) is 0 Å². The lowest BCUT2D eigenvalue weighted by Gasteiger charge is -2.21. The summed E-state index contributed by atoms with van der Waals surface area (Å²) < 4.78 is 31.3. The molecule has 6 heteroatoms. The molecule has 1 aliphatic rings. The molecular formula is C15H19NO4S. The highest BCUT2D eigenvalue weighted by atomic mass is 32.2. The number of sulfonamides is 1. The van der Waals surface area contributed by atoms with Crippen LogP contribution >= 0.6 is 0 Å². The number of cyclic esters (lactones) is 1. The van der Waals surface area contributed by atoms with Gasteiger partial charge in [-0.1, -0.05) is 37.1 Å². The summed E-state index contributed by atoms with van der Waals surface area (Å²) in [5.41, 5.74) is 0.946. The highest BCUT2D eigenvalue weighted by Gasteiger charge is 2.46. The molecule has 1 aromatic rings. The first-order chi connectivity index (χ1) is 9.91. The van der Waals surface area contributed by atoms with Gasteiger partial charge >= 0.3 is 6.09 Å². The molecule has 0 radical (unpaired) electrons. The third kappa shape index (κ3) is 2.81. The van der Waals surface area contributed by atoms with Crippen LogP contribution in [-0.4, -0.2) is 31.0 Å². The lowest BCUT2D eigenvalue weighted by atomic mass is 10.1. The van der Waals surface area contributed by atoms with Gasteiger partial charge in [0, 0.05) is 0 Å². The van der Waals surface area contributed by atoms with Crippen molar-refractivity contribution in [3.63, 3.8) is 0 Å². The maximum atomic E-state index is 12.7. The lowest BCUT2D eigenvalue weighted by Crippen LogP contribution is -2.39. The Balaban J connectivity index is 2.40. The van der Waals surface area contributed by atoms with Crippen LogP contribution in [-0.2, 0) is 14.8 Å². The lowest BCUT2D eigenvalue weighted by molar-refractivity contribution is 0.129. The first kappa shape index (κ1) is 15.6. The maximum Gasteiger partial charge on any atom is 0.424 e. The Hall–Kier alpha value is -1.82. The minimum atomic E-state index is -3.93. The van der Waals surface area contributed by atoms with Crippen LogP contribution in [0, 0.1) is 6.92 Å². The summed E-state index contributed by atoms with van der Waals surface area (Å²) in [6.45, 7) is 7.46. The van der Waals surface area contributed by atoms with Gasteiger partial charge < -0.3 is 4.74 Å². The molecule has 0 spiro atoms. The number of ether oxygens (including phenoxy) is 1. The molecule has 2 rings (SSSR count). The zero-order chi connectivity index (χ0) is 15.6. The summed E-state index contributed by atoms with van der Waals surface area (Å²) in [4.78, 5) is 12.1. The standard InChI is InChI=1S/C15H19NO4S/c1-4-6-14-13(5-2)16(15(17)20-14)21(18,19)12-9-7-11(3)8-10-12/h5,7-10,13-14H,2,4,6H2,1,3H3/t13-,14-/m1/s1. The van der Waals surface area contributed by atoms with Crippen LogP contribution < -0.4 is 0 Å². The van der Waals surface area contributed by atoms with Gasteiger partial charge in [0.15, 0.2) is 0 Å². The monoisotopic (exact) mass is 309 g/mol.